The van der Waals surface area contributed by atoms with Crippen molar-refractivity contribution in [3.63, 3.8) is 0 Å². The zero-order valence-corrected chi connectivity index (χ0v) is 12.0. The second-order valence-electron chi connectivity index (χ2n) is 6.06. The molecule has 18 heavy (non-hydrogen) atoms. The van der Waals surface area contributed by atoms with E-state index < -0.39 is 0 Å². The molecular weight excluding hydrogens is 220 g/mol. The average Bonchev–Trinajstić information content (AvgIpc) is 2.78. The van der Waals surface area contributed by atoms with Gasteiger partial charge in [0.25, 0.3) is 0 Å². The fourth-order valence-corrected chi connectivity index (χ4v) is 3.37. The molecule has 0 radical (unpaired) electrons. The molecule has 100 valence electrons. The van der Waals surface area contributed by atoms with Gasteiger partial charge in [0.1, 0.15) is 0 Å². The van der Waals surface area contributed by atoms with Gasteiger partial charge in [0.2, 0.25) is 0 Å². The van der Waals surface area contributed by atoms with E-state index in [-0.39, 0.29) is 0 Å². The first kappa shape index (κ1) is 13.4. The van der Waals surface area contributed by atoms with Gasteiger partial charge < -0.3 is 10.6 Å². The Bertz CT molecular complexity index is 406. The Kier molecular flexibility index (Phi) is 3.96. The Morgan fingerprint density at radius 2 is 1.89 bits per heavy atom. The maximum atomic E-state index is 6.03. The summed E-state index contributed by atoms with van der Waals surface area (Å²) < 4.78 is 0. The van der Waals surface area contributed by atoms with Crippen LogP contribution < -0.4 is 10.6 Å². The molecule has 0 atom stereocenters. The summed E-state index contributed by atoms with van der Waals surface area (Å²) in [5.41, 5.74) is 10.4. The van der Waals surface area contributed by atoms with Gasteiger partial charge in [-0.2, -0.15) is 0 Å². The van der Waals surface area contributed by atoms with Crippen LogP contribution in [0.3, 0.4) is 0 Å². The van der Waals surface area contributed by atoms with Crippen LogP contribution in [0.15, 0.2) is 18.2 Å². The standard InChI is InChI=1S/C16H26N2/c1-13-6-7-15(14(2)10-13)18(3)12-16(11-17)8-4-5-9-16/h6-7,10H,4-5,8-9,11-12,17H2,1-3H3. The van der Waals surface area contributed by atoms with Gasteiger partial charge in [-0.05, 0) is 44.9 Å². The molecule has 1 aliphatic rings. The van der Waals surface area contributed by atoms with Crippen LogP contribution in [0.5, 0.6) is 0 Å². The molecule has 2 nitrogen and oxygen atoms in total. The van der Waals surface area contributed by atoms with E-state index >= 15 is 0 Å². The van der Waals surface area contributed by atoms with Crippen LogP contribution in [-0.4, -0.2) is 20.1 Å². The van der Waals surface area contributed by atoms with Crippen molar-refractivity contribution >= 4 is 5.69 Å². The maximum Gasteiger partial charge on any atom is 0.0393 e. The van der Waals surface area contributed by atoms with Gasteiger partial charge in [-0.15, -0.1) is 0 Å². The molecule has 0 heterocycles. The molecule has 1 saturated carbocycles. The number of aryl methyl sites for hydroxylation is 2. The Labute approximate surface area is 111 Å². The minimum absolute atomic E-state index is 0.353. The zero-order valence-electron chi connectivity index (χ0n) is 12.0. The quantitative estimate of drug-likeness (QED) is 0.883. The SMILES string of the molecule is Cc1ccc(N(C)CC2(CN)CCCC2)c(C)c1. The van der Waals surface area contributed by atoms with Crippen molar-refractivity contribution in [2.24, 2.45) is 11.1 Å². The van der Waals surface area contributed by atoms with Crippen LogP contribution in [0.1, 0.15) is 36.8 Å². The smallest absolute Gasteiger partial charge is 0.0393 e. The van der Waals surface area contributed by atoms with E-state index in [0.717, 1.165) is 13.1 Å². The molecule has 1 aromatic rings. The Hall–Kier alpha value is -1.02. The van der Waals surface area contributed by atoms with E-state index in [1.54, 1.807) is 0 Å². The number of benzene rings is 1. The highest BCUT2D eigenvalue weighted by Gasteiger charge is 2.33. The molecular formula is C16H26N2. The lowest BCUT2D eigenvalue weighted by Crippen LogP contribution is -2.39. The van der Waals surface area contributed by atoms with Gasteiger partial charge in [-0.1, -0.05) is 30.5 Å². The van der Waals surface area contributed by atoms with E-state index in [1.165, 1.54) is 42.5 Å². The summed E-state index contributed by atoms with van der Waals surface area (Å²) >= 11 is 0. The number of anilines is 1. The van der Waals surface area contributed by atoms with Crippen molar-refractivity contribution < 1.29 is 0 Å². The first-order chi connectivity index (χ1) is 8.56. The summed E-state index contributed by atoms with van der Waals surface area (Å²) in [5.74, 6) is 0. The lowest BCUT2D eigenvalue weighted by atomic mass is 9.85. The van der Waals surface area contributed by atoms with E-state index in [4.69, 9.17) is 5.73 Å². The lowest BCUT2D eigenvalue weighted by Gasteiger charge is -2.34. The molecule has 1 aliphatic carbocycles. The number of hydrogen-bond donors (Lipinski definition) is 1. The van der Waals surface area contributed by atoms with Gasteiger partial charge >= 0.3 is 0 Å². The number of nitrogens with zero attached hydrogens (tertiary/aromatic N) is 1. The first-order valence-corrected chi connectivity index (χ1v) is 7.05. The molecule has 0 bridgehead atoms. The van der Waals surface area contributed by atoms with Gasteiger partial charge in [0, 0.05) is 24.7 Å². The van der Waals surface area contributed by atoms with E-state index in [2.05, 4.69) is 44.0 Å². The van der Waals surface area contributed by atoms with E-state index in [1.807, 2.05) is 0 Å². The minimum atomic E-state index is 0.353. The van der Waals surface area contributed by atoms with Crippen molar-refractivity contribution in [1.82, 2.24) is 0 Å². The van der Waals surface area contributed by atoms with Gasteiger partial charge in [0.05, 0.1) is 0 Å². The third-order valence-electron chi connectivity index (χ3n) is 4.43. The van der Waals surface area contributed by atoms with Crippen molar-refractivity contribution in [2.45, 2.75) is 39.5 Å². The Morgan fingerprint density at radius 3 is 2.44 bits per heavy atom. The normalized spacial score (nSPS) is 18.0. The molecule has 0 spiro atoms. The second-order valence-corrected chi connectivity index (χ2v) is 6.06. The van der Waals surface area contributed by atoms with Gasteiger partial charge in [-0.3, -0.25) is 0 Å². The van der Waals surface area contributed by atoms with E-state index in [0.29, 0.717) is 5.41 Å². The van der Waals surface area contributed by atoms with Gasteiger partial charge in [0.15, 0.2) is 0 Å². The summed E-state index contributed by atoms with van der Waals surface area (Å²) in [5, 5.41) is 0. The zero-order chi connectivity index (χ0) is 13.2. The molecule has 0 saturated heterocycles. The molecule has 1 aromatic carbocycles. The van der Waals surface area contributed by atoms with Crippen molar-refractivity contribution in [3.8, 4) is 0 Å². The highest BCUT2D eigenvalue weighted by atomic mass is 15.1. The van der Waals surface area contributed by atoms with Crippen LogP contribution in [-0.2, 0) is 0 Å². The largest absolute Gasteiger partial charge is 0.374 e. The Balaban J connectivity index is 2.13. The summed E-state index contributed by atoms with van der Waals surface area (Å²) in [6, 6.07) is 6.70. The third kappa shape index (κ3) is 2.69. The fourth-order valence-electron chi connectivity index (χ4n) is 3.37. The summed E-state index contributed by atoms with van der Waals surface area (Å²) in [4.78, 5) is 2.40. The number of hydrogen-bond acceptors (Lipinski definition) is 2. The molecule has 2 N–H and O–H groups in total. The van der Waals surface area contributed by atoms with Gasteiger partial charge in [-0.25, -0.2) is 0 Å². The van der Waals surface area contributed by atoms with Crippen LogP contribution >= 0.6 is 0 Å². The molecule has 2 heteroatoms. The topological polar surface area (TPSA) is 29.3 Å². The van der Waals surface area contributed by atoms with Crippen LogP contribution in [0.4, 0.5) is 5.69 Å². The van der Waals surface area contributed by atoms with Crippen LogP contribution in [0.25, 0.3) is 0 Å². The summed E-state index contributed by atoms with van der Waals surface area (Å²) in [7, 11) is 2.20. The van der Waals surface area contributed by atoms with Crippen LogP contribution in [0.2, 0.25) is 0 Å². The second kappa shape index (κ2) is 5.31. The molecule has 2 rings (SSSR count). The highest BCUT2D eigenvalue weighted by Crippen LogP contribution is 2.38. The molecule has 0 aromatic heterocycles. The predicted molar refractivity (Wildman–Crippen MR) is 79.1 cm³/mol. The molecule has 0 aliphatic heterocycles. The maximum absolute atomic E-state index is 6.03. The van der Waals surface area contributed by atoms with Crippen molar-refractivity contribution in [3.05, 3.63) is 29.3 Å². The lowest BCUT2D eigenvalue weighted by molar-refractivity contribution is 0.316. The third-order valence-corrected chi connectivity index (χ3v) is 4.43. The molecule has 0 unspecified atom stereocenters. The summed E-state index contributed by atoms with van der Waals surface area (Å²) in [6.07, 6.45) is 5.27. The van der Waals surface area contributed by atoms with Crippen molar-refractivity contribution in [1.29, 1.82) is 0 Å². The Morgan fingerprint density at radius 1 is 1.22 bits per heavy atom. The fraction of sp³-hybridized carbons (Fsp3) is 0.625. The monoisotopic (exact) mass is 246 g/mol. The highest BCUT2D eigenvalue weighted by molar-refractivity contribution is 5.54. The number of nitrogens with two attached hydrogens (primary N) is 1. The first-order valence-electron chi connectivity index (χ1n) is 7.05. The summed E-state index contributed by atoms with van der Waals surface area (Å²) in [6.45, 7) is 6.26. The van der Waals surface area contributed by atoms with E-state index in [9.17, 15) is 0 Å². The molecule has 1 fully saturated rings. The predicted octanol–water partition coefficient (Wildman–Crippen LogP) is 3.26. The minimum Gasteiger partial charge on any atom is -0.374 e. The molecule has 0 amide bonds. The van der Waals surface area contributed by atoms with Crippen molar-refractivity contribution in [2.75, 3.05) is 25.0 Å². The number of rotatable bonds is 4. The average molecular weight is 246 g/mol. The van der Waals surface area contributed by atoms with Crippen LogP contribution in [0, 0.1) is 19.3 Å².